The molecule has 22 nitrogen and oxygen atoms in total. The molecular weight excluding hydrogens is 1310 g/mol. The Balaban J connectivity index is 4.99. The fraction of sp³-hybridized carbons (Fsp3) is 1.00. The van der Waals surface area contributed by atoms with Crippen LogP contribution < -0.4 is 33.6 Å². The largest absolute Gasteiger partial charge is 0.378 e. The maximum absolute atomic E-state index is 6.28. The van der Waals surface area contributed by atoms with Gasteiger partial charge in [0.05, 0.1) is 217 Å². The molecule has 0 aliphatic rings. The van der Waals surface area contributed by atoms with E-state index in [1.165, 1.54) is 50.0 Å². The van der Waals surface area contributed by atoms with Gasteiger partial charge >= 0.3 is 0 Å². The van der Waals surface area contributed by atoms with Gasteiger partial charge in [-0.25, -0.2) is 0 Å². The number of nitrogens with two attached hydrogens (primary N) is 4. The van der Waals surface area contributed by atoms with Gasteiger partial charge < -0.3 is 109 Å². The predicted molar refractivity (Wildman–Crippen MR) is 383 cm³/mol. The van der Waals surface area contributed by atoms with Crippen molar-refractivity contribution in [1.82, 2.24) is 10.6 Å². The molecule has 0 radical (unpaired) electrons. The van der Waals surface area contributed by atoms with Gasteiger partial charge in [-0.3, -0.25) is 0 Å². The monoisotopic (exact) mass is 1430 g/mol. The van der Waals surface area contributed by atoms with Crippen molar-refractivity contribution in [3.8, 4) is 0 Å². The van der Waals surface area contributed by atoms with Crippen molar-refractivity contribution in [2.24, 2.45) is 28.3 Å². The quantitative estimate of drug-likeness (QED) is 0.0274. The molecule has 0 aromatic carbocycles. The van der Waals surface area contributed by atoms with E-state index < -0.39 is 5.41 Å². The Labute approximate surface area is 571 Å². The number of hydrogen-bond donors (Lipinski definition) is 6. The van der Waals surface area contributed by atoms with Crippen molar-refractivity contribution >= 4 is 86.4 Å². The molecule has 10 N–H and O–H groups in total. The molecule has 0 atom stereocenters. The molecule has 0 spiro atoms. The SMILES string of the molecule is NCCCCCCSSCCOCCOCCOCCOCC(COCCOCCOCCOCCSSCCCCCCN)(COCCOCCOCCOCCSSCCNCCCN)COCCOCCOCCOCCSSCCNCCCN. The van der Waals surface area contributed by atoms with Gasteiger partial charge in [0.2, 0.25) is 0 Å². The zero-order valence-corrected chi connectivity index (χ0v) is 61.2. The molecule has 0 rings (SSSR count). The minimum Gasteiger partial charge on any atom is -0.378 e. The highest BCUT2D eigenvalue weighted by Gasteiger charge is 2.33. The predicted octanol–water partition coefficient (Wildman–Crippen LogP) is 6.68. The summed E-state index contributed by atoms with van der Waals surface area (Å²) >= 11 is 0. The second-order valence-electron chi connectivity index (χ2n) is 19.8. The Bertz CT molecular complexity index is 1110. The lowest BCUT2D eigenvalue weighted by Gasteiger charge is -2.33. The number of hydrogen-bond acceptors (Lipinski definition) is 30. The average Bonchev–Trinajstić information content (AvgIpc) is 3.74. The van der Waals surface area contributed by atoms with Gasteiger partial charge in [0.1, 0.15) is 0 Å². The molecule has 0 heterocycles. The number of ether oxygens (including phenoxy) is 16. The lowest BCUT2D eigenvalue weighted by molar-refractivity contribution is -0.123. The van der Waals surface area contributed by atoms with E-state index in [0.717, 1.165) is 113 Å². The minimum atomic E-state index is -0.653. The summed E-state index contributed by atoms with van der Waals surface area (Å²) in [6.07, 6.45) is 11.7. The summed E-state index contributed by atoms with van der Waals surface area (Å²) < 4.78 is 94.5. The minimum absolute atomic E-state index is 0.307. The lowest BCUT2D eigenvalue weighted by Crippen LogP contribution is -2.43. The van der Waals surface area contributed by atoms with Crippen molar-refractivity contribution < 1.29 is 75.8 Å². The molecule has 30 heteroatoms. The molecule has 0 aliphatic carbocycles. The van der Waals surface area contributed by atoms with Gasteiger partial charge in [-0.05, 0) is 77.8 Å². The van der Waals surface area contributed by atoms with Gasteiger partial charge in [-0.2, -0.15) is 0 Å². The van der Waals surface area contributed by atoms with E-state index in [1.807, 2.05) is 86.4 Å². The summed E-state index contributed by atoms with van der Waals surface area (Å²) in [5.41, 5.74) is 21.6. The van der Waals surface area contributed by atoms with E-state index in [1.54, 1.807) is 0 Å². The van der Waals surface area contributed by atoms with Crippen LogP contribution in [0.5, 0.6) is 0 Å². The van der Waals surface area contributed by atoms with Crippen molar-refractivity contribution in [2.45, 2.75) is 64.2 Å². The van der Waals surface area contributed by atoms with Crippen LogP contribution in [-0.2, 0) is 75.8 Å². The van der Waals surface area contributed by atoms with Crippen LogP contribution in [0.15, 0.2) is 0 Å². The summed E-state index contributed by atoms with van der Waals surface area (Å²) in [7, 11) is 14.9. The van der Waals surface area contributed by atoms with Crippen LogP contribution in [0, 0.1) is 5.41 Å². The van der Waals surface area contributed by atoms with E-state index in [0.29, 0.717) is 211 Å². The van der Waals surface area contributed by atoms with Crippen LogP contribution in [0.2, 0.25) is 0 Å². The van der Waals surface area contributed by atoms with E-state index in [9.17, 15) is 0 Å². The van der Waals surface area contributed by atoms with Crippen molar-refractivity contribution in [1.29, 1.82) is 0 Å². The Kier molecular flexibility index (Phi) is 86.0. The molecule has 0 aliphatic heterocycles. The molecule has 0 unspecified atom stereocenters. The topological polar surface area (TPSA) is 276 Å². The summed E-state index contributed by atoms with van der Waals surface area (Å²) in [5, 5.41) is 6.79. The highest BCUT2D eigenvalue weighted by atomic mass is 33.1. The zero-order chi connectivity index (χ0) is 63.9. The first-order valence-electron chi connectivity index (χ1n) is 32.7. The molecule has 536 valence electrons. The van der Waals surface area contributed by atoms with Gasteiger partial charge in [-0.15, -0.1) is 0 Å². The van der Waals surface area contributed by atoms with Crippen LogP contribution in [0.1, 0.15) is 64.2 Å². The number of rotatable bonds is 84. The Morgan fingerprint density at radius 2 is 0.393 bits per heavy atom. The Hall–Kier alpha value is 1.92. The van der Waals surface area contributed by atoms with Crippen LogP contribution >= 0.6 is 86.4 Å². The number of nitrogens with one attached hydrogen (secondary N) is 2. The van der Waals surface area contributed by atoms with Crippen LogP contribution in [0.3, 0.4) is 0 Å². The summed E-state index contributed by atoms with van der Waals surface area (Å²) in [6.45, 7) is 22.1. The Morgan fingerprint density at radius 3 is 0.640 bits per heavy atom. The fourth-order valence-corrected chi connectivity index (χ4v) is 14.8. The first-order valence-corrected chi connectivity index (χ1v) is 42.6. The van der Waals surface area contributed by atoms with Crippen molar-refractivity contribution in [2.75, 3.05) is 310 Å². The molecule has 0 saturated heterocycles. The molecule has 0 amide bonds. The van der Waals surface area contributed by atoms with E-state index >= 15 is 0 Å². The highest BCUT2D eigenvalue weighted by molar-refractivity contribution is 8.77. The van der Waals surface area contributed by atoms with Crippen molar-refractivity contribution in [3.63, 3.8) is 0 Å². The fourth-order valence-electron chi connectivity index (χ4n) is 7.14. The third-order valence-corrected chi connectivity index (χ3v) is 21.5. The van der Waals surface area contributed by atoms with Gasteiger partial charge in [0.15, 0.2) is 0 Å². The first-order chi connectivity index (χ1) is 44.2. The molecule has 0 aromatic rings. The average molecular weight is 1430 g/mol. The van der Waals surface area contributed by atoms with E-state index in [4.69, 9.17) is 98.7 Å². The highest BCUT2D eigenvalue weighted by Crippen LogP contribution is 2.25. The molecule has 0 fully saturated rings. The zero-order valence-electron chi connectivity index (χ0n) is 54.6. The van der Waals surface area contributed by atoms with Crippen LogP contribution in [0.25, 0.3) is 0 Å². The van der Waals surface area contributed by atoms with Gasteiger partial charge in [0, 0.05) is 59.1 Å². The lowest BCUT2D eigenvalue weighted by atomic mass is 9.92. The molecule has 0 saturated carbocycles. The second-order valence-corrected chi connectivity index (χ2v) is 30.6. The molecule has 0 aromatic heterocycles. The molecular formula is C59H126N6O16S8. The maximum Gasteiger partial charge on any atom is 0.0701 e. The summed E-state index contributed by atoms with van der Waals surface area (Å²) in [4.78, 5) is 0. The van der Waals surface area contributed by atoms with Gasteiger partial charge in [0.25, 0.3) is 0 Å². The van der Waals surface area contributed by atoms with Crippen LogP contribution in [-0.4, -0.2) is 310 Å². The maximum atomic E-state index is 6.28. The number of unbranched alkanes of at least 4 members (excludes halogenated alkanes) is 6. The molecule has 89 heavy (non-hydrogen) atoms. The standard InChI is InChI=1S/C59H126N6O16S8/c60-11-5-1-3-7-47-82-86-51-43-74-31-27-66-19-23-70-35-39-78-55-59(56-79-40-36-71-24-20-67-28-32-75-44-52-87-83-48-8-4-2-6-12-61,57-80-41-37-72-25-21-68-29-33-76-45-53-88-84-49-17-64-15-9-13-62)58-81-42-38-73-26-22-69-30-34-77-46-54-89-85-50-18-65-16-10-14-63/h64-65H,1-58,60-63H2. The third-order valence-electron chi connectivity index (χ3n) is 11.9. The summed E-state index contributed by atoms with van der Waals surface area (Å²) in [5.74, 6) is 8.28. The second kappa shape index (κ2) is 84.1. The first kappa shape index (κ1) is 90.9. The normalized spacial score (nSPS) is 12.0. The van der Waals surface area contributed by atoms with Gasteiger partial charge in [-0.1, -0.05) is 112 Å². The van der Waals surface area contributed by atoms with Crippen molar-refractivity contribution in [3.05, 3.63) is 0 Å². The third kappa shape index (κ3) is 78.8. The van der Waals surface area contributed by atoms with Crippen LogP contribution in [0.4, 0.5) is 0 Å². The summed E-state index contributed by atoms with van der Waals surface area (Å²) in [6, 6.07) is 0. The molecule has 0 bridgehead atoms. The van der Waals surface area contributed by atoms with E-state index in [-0.39, 0.29) is 0 Å². The smallest absolute Gasteiger partial charge is 0.0701 e. The van der Waals surface area contributed by atoms with E-state index in [2.05, 4.69) is 10.6 Å². The Morgan fingerprint density at radius 1 is 0.191 bits per heavy atom.